The number of benzene rings is 1. The molecule has 0 aliphatic carbocycles. The lowest BCUT2D eigenvalue weighted by Gasteiger charge is -2.44. The Morgan fingerprint density at radius 1 is 1.15 bits per heavy atom. The fourth-order valence-electron chi connectivity index (χ4n) is 3.72. The third-order valence-corrected chi connectivity index (χ3v) is 6.45. The Kier molecular flexibility index (Phi) is 4.42. The Labute approximate surface area is 127 Å². The van der Waals surface area contributed by atoms with Gasteiger partial charge in [-0.3, -0.25) is 0 Å². The van der Waals surface area contributed by atoms with Crippen LogP contribution in [0.5, 0.6) is 0 Å². The molecule has 1 aromatic carbocycles. The number of unbranched alkanes of at least 4 members (excludes halogenated alkanes) is 1. The molecular formula is C18H26OS. The van der Waals surface area contributed by atoms with Crippen LogP contribution in [0.25, 0.3) is 0 Å². The molecule has 2 unspecified atom stereocenters. The van der Waals surface area contributed by atoms with Crippen LogP contribution in [0.4, 0.5) is 0 Å². The van der Waals surface area contributed by atoms with Crippen molar-refractivity contribution in [3.05, 3.63) is 35.4 Å². The molecule has 3 rings (SSSR count). The van der Waals surface area contributed by atoms with E-state index in [1.165, 1.54) is 37.7 Å². The highest BCUT2D eigenvalue weighted by Crippen LogP contribution is 2.49. The summed E-state index contributed by atoms with van der Waals surface area (Å²) in [6.45, 7) is 2.23. The number of thioether (sulfide) groups is 1. The van der Waals surface area contributed by atoms with Gasteiger partial charge in [-0.25, -0.2) is 0 Å². The molecule has 20 heavy (non-hydrogen) atoms. The van der Waals surface area contributed by atoms with Gasteiger partial charge in [-0.05, 0) is 49.7 Å². The monoisotopic (exact) mass is 290 g/mol. The summed E-state index contributed by atoms with van der Waals surface area (Å²) >= 11 is 2.12. The first kappa shape index (κ1) is 14.5. The van der Waals surface area contributed by atoms with E-state index in [1.807, 2.05) is 0 Å². The standard InChI is InChI=1S/C18H26OS/c1-2-3-5-14-8-10-15(11-9-14)18(19)12-16-6-4-7-17(13-18)20-16/h8-11,16-17,19H,2-7,12-13H2,1H3. The van der Waals surface area contributed by atoms with Crippen LogP contribution in [-0.2, 0) is 12.0 Å². The topological polar surface area (TPSA) is 20.2 Å². The van der Waals surface area contributed by atoms with E-state index in [4.69, 9.17) is 0 Å². The van der Waals surface area contributed by atoms with Crippen molar-refractivity contribution < 1.29 is 5.11 Å². The Morgan fingerprint density at radius 2 is 1.80 bits per heavy atom. The van der Waals surface area contributed by atoms with Crippen molar-refractivity contribution in [3.63, 3.8) is 0 Å². The molecule has 0 saturated carbocycles. The number of rotatable bonds is 4. The summed E-state index contributed by atoms with van der Waals surface area (Å²) in [6, 6.07) is 8.80. The van der Waals surface area contributed by atoms with Crippen molar-refractivity contribution in [1.29, 1.82) is 0 Å². The molecule has 1 nitrogen and oxygen atoms in total. The molecule has 0 radical (unpaired) electrons. The van der Waals surface area contributed by atoms with Crippen molar-refractivity contribution in [2.75, 3.05) is 0 Å². The number of hydrogen-bond acceptors (Lipinski definition) is 2. The van der Waals surface area contributed by atoms with Crippen molar-refractivity contribution in [2.24, 2.45) is 0 Å². The highest BCUT2D eigenvalue weighted by Gasteiger charge is 2.42. The Bertz CT molecular complexity index is 427. The lowest BCUT2D eigenvalue weighted by Crippen LogP contribution is -2.40. The molecule has 2 heterocycles. The van der Waals surface area contributed by atoms with Gasteiger partial charge in [0.2, 0.25) is 0 Å². The predicted octanol–water partition coefficient (Wildman–Crippen LogP) is 4.66. The molecule has 2 aliphatic rings. The Balaban J connectivity index is 1.74. The van der Waals surface area contributed by atoms with E-state index in [0.717, 1.165) is 24.8 Å². The number of hydrogen-bond donors (Lipinski definition) is 1. The summed E-state index contributed by atoms with van der Waals surface area (Å²) in [7, 11) is 0. The molecule has 110 valence electrons. The van der Waals surface area contributed by atoms with Crippen LogP contribution in [0.2, 0.25) is 0 Å². The average Bonchev–Trinajstić information content (AvgIpc) is 2.45. The summed E-state index contributed by atoms with van der Waals surface area (Å²) in [5, 5.41) is 12.4. The smallest absolute Gasteiger partial charge is 0.0917 e. The van der Waals surface area contributed by atoms with Gasteiger partial charge >= 0.3 is 0 Å². The fraction of sp³-hybridized carbons (Fsp3) is 0.667. The SMILES string of the molecule is CCCCc1ccc(C2(O)CC3CCCC(C2)S3)cc1. The Morgan fingerprint density at radius 3 is 2.40 bits per heavy atom. The number of aryl methyl sites for hydroxylation is 1. The van der Waals surface area contributed by atoms with Gasteiger partial charge in [-0.2, -0.15) is 11.8 Å². The van der Waals surface area contributed by atoms with Gasteiger partial charge in [0.05, 0.1) is 5.60 Å². The summed E-state index contributed by atoms with van der Waals surface area (Å²) in [5.74, 6) is 0. The molecular weight excluding hydrogens is 264 g/mol. The minimum atomic E-state index is -0.565. The predicted molar refractivity (Wildman–Crippen MR) is 87.2 cm³/mol. The minimum absolute atomic E-state index is 0.565. The zero-order valence-electron chi connectivity index (χ0n) is 12.5. The van der Waals surface area contributed by atoms with E-state index in [-0.39, 0.29) is 0 Å². The summed E-state index contributed by atoms with van der Waals surface area (Å²) in [5.41, 5.74) is 1.99. The first-order valence-electron chi connectivity index (χ1n) is 8.17. The van der Waals surface area contributed by atoms with Gasteiger partial charge in [0.1, 0.15) is 0 Å². The van der Waals surface area contributed by atoms with Gasteiger partial charge in [0.25, 0.3) is 0 Å². The Hall–Kier alpha value is -0.470. The van der Waals surface area contributed by atoms with Crippen molar-refractivity contribution >= 4 is 11.8 Å². The highest BCUT2D eigenvalue weighted by molar-refractivity contribution is 8.00. The van der Waals surface area contributed by atoms with E-state index >= 15 is 0 Å². The molecule has 1 N–H and O–H groups in total. The maximum absolute atomic E-state index is 11.1. The van der Waals surface area contributed by atoms with Gasteiger partial charge in [0.15, 0.2) is 0 Å². The molecule has 1 aromatic rings. The lowest BCUT2D eigenvalue weighted by molar-refractivity contribution is 0.00812. The summed E-state index contributed by atoms with van der Waals surface area (Å²) in [6.07, 6.45) is 9.49. The first-order chi connectivity index (χ1) is 9.69. The van der Waals surface area contributed by atoms with Crippen molar-refractivity contribution in [1.82, 2.24) is 0 Å². The van der Waals surface area contributed by atoms with Crippen LogP contribution in [0.1, 0.15) is 63.0 Å². The third kappa shape index (κ3) is 3.07. The van der Waals surface area contributed by atoms with Crippen LogP contribution in [-0.4, -0.2) is 15.6 Å². The summed E-state index contributed by atoms with van der Waals surface area (Å²) < 4.78 is 0. The van der Waals surface area contributed by atoms with Crippen LogP contribution >= 0.6 is 11.8 Å². The maximum atomic E-state index is 11.1. The van der Waals surface area contributed by atoms with E-state index in [1.54, 1.807) is 0 Å². The highest BCUT2D eigenvalue weighted by atomic mass is 32.2. The molecule has 0 spiro atoms. The molecule has 0 aromatic heterocycles. The second kappa shape index (κ2) is 6.11. The van der Waals surface area contributed by atoms with Crippen LogP contribution in [0.3, 0.4) is 0 Å². The lowest BCUT2D eigenvalue weighted by atomic mass is 9.80. The van der Waals surface area contributed by atoms with Crippen molar-refractivity contribution in [3.8, 4) is 0 Å². The van der Waals surface area contributed by atoms with Crippen LogP contribution in [0, 0.1) is 0 Å². The molecule has 2 aliphatic heterocycles. The minimum Gasteiger partial charge on any atom is -0.385 e. The summed E-state index contributed by atoms with van der Waals surface area (Å²) in [4.78, 5) is 0. The molecule has 2 fully saturated rings. The maximum Gasteiger partial charge on any atom is 0.0917 e. The first-order valence-corrected chi connectivity index (χ1v) is 9.11. The van der Waals surface area contributed by atoms with Gasteiger partial charge in [-0.1, -0.05) is 44.0 Å². The molecule has 2 bridgehead atoms. The van der Waals surface area contributed by atoms with Gasteiger partial charge in [-0.15, -0.1) is 0 Å². The average molecular weight is 290 g/mol. The fourth-order valence-corrected chi connectivity index (χ4v) is 5.61. The second-order valence-electron chi connectivity index (χ2n) is 6.55. The zero-order valence-corrected chi connectivity index (χ0v) is 13.3. The molecule has 2 atom stereocenters. The molecule has 2 saturated heterocycles. The van der Waals surface area contributed by atoms with E-state index in [9.17, 15) is 5.11 Å². The molecule has 2 heteroatoms. The van der Waals surface area contributed by atoms with Gasteiger partial charge < -0.3 is 5.11 Å². The zero-order chi connectivity index (χ0) is 14.0. The van der Waals surface area contributed by atoms with E-state index in [2.05, 4.69) is 43.0 Å². The van der Waals surface area contributed by atoms with Crippen LogP contribution < -0.4 is 0 Å². The van der Waals surface area contributed by atoms with Crippen molar-refractivity contribution in [2.45, 2.75) is 74.4 Å². The number of aliphatic hydroxyl groups is 1. The normalized spacial score (nSPS) is 33.1. The second-order valence-corrected chi connectivity index (χ2v) is 8.16. The number of fused-ring (bicyclic) bond motifs is 2. The van der Waals surface area contributed by atoms with E-state index < -0.39 is 5.60 Å². The largest absolute Gasteiger partial charge is 0.385 e. The molecule has 0 amide bonds. The van der Waals surface area contributed by atoms with Gasteiger partial charge in [0, 0.05) is 10.5 Å². The quantitative estimate of drug-likeness (QED) is 0.870. The van der Waals surface area contributed by atoms with Crippen LogP contribution in [0.15, 0.2) is 24.3 Å². The van der Waals surface area contributed by atoms with E-state index in [0.29, 0.717) is 10.5 Å². The third-order valence-electron chi connectivity index (χ3n) is 4.88.